The lowest BCUT2D eigenvalue weighted by molar-refractivity contribution is 0.0923. The van der Waals surface area contributed by atoms with Gasteiger partial charge >= 0.3 is 0 Å². The standard InChI is InChI=1S/C15H24N2O/c1-10(2)14(8-9-16)17-15(18)13-7-5-6-11(3)12(13)4/h5-7,10,14H,8-9,16H2,1-4H3,(H,17,18). The van der Waals surface area contributed by atoms with Crippen LogP contribution < -0.4 is 11.1 Å². The number of hydrogen-bond acceptors (Lipinski definition) is 2. The van der Waals surface area contributed by atoms with E-state index in [-0.39, 0.29) is 11.9 Å². The number of benzene rings is 1. The van der Waals surface area contributed by atoms with E-state index in [1.165, 1.54) is 0 Å². The molecular weight excluding hydrogens is 224 g/mol. The molecule has 3 N–H and O–H groups in total. The van der Waals surface area contributed by atoms with E-state index in [1.807, 2.05) is 32.0 Å². The first-order valence-electron chi connectivity index (χ1n) is 6.54. The van der Waals surface area contributed by atoms with E-state index in [1.54, 1.807) is 0 Å². The van der Waals surface area contributed by atoms with Crippen LogP contribution >= 0.6 is 0 Å². The Bertz CT molecular complexity index is 413. The van der Waals surface area contributed by atoms with Crippen molar-refractivity contribution in [1.82, 2.24) is 5.32 Å². The Morgan fingerprint density at radius 1 is 1.33 bits per heavy atom. The Labute approximate surface area is 110 Å². The zero-order valence-electron chi connectivity index (χ0n) is 11.8. The van der Waals surface area contributed by atoms with Gasteiger partial charge in [0, 0.05) is 11.6 Å². The average molecular weight is 248 g/mol. The molecule has 1 aromatic rings. The molecule has 100 valence electrons. The van der Waals surface area contributed by atoms with Gasteiger partial charge < -0.3 is 11.1 Å². The smallest absolute Gasteiger partial charge is 0.251 e. The van der Waals surface area contributed by atoms with Gasteiger partial charge in [-0.1, -0.05) is 26.0 Å². The first-order chi connectivity index (χ1) is 8.47. The van der Waals surface area contributed by atoms with Crippen LogP contribution in [0.1, 0.15) is 41.8 Å². The minimum atomic E-state index is 0.00310. The van der Waals surface area contributed by atoms with Crippen molar-refractivity contribution in [2.24, 2.45) is 11.7 Å². The fraction of sp³-hybridized carbons (Fsp3) is 0.533. The van der Waals surface area contributed by atoms with Crippen molar-refractivity contribution in [3.63, 3.8) is 0 Å². The van der Waals surface area contributed by atoms with E-state index < -0.39 is 0 Å². The summed E-state index contributed by atoms with van der Waals surface area (Å²) in [5.41, 5.74) is 8.53. The highest BCUT2D eigenvalue weighted by Crippen LogP contribution is 2.14. The summed E-state index contributed by atoms with van der Waals surface area (Å²) in [7, 11) is 0. The highest BCUT2D eigenvalue weighted by atomic mass is 16.1. The molecule has 1 atom stereocenters. The first kappa shape index (κ1) is 14.7. The first-order valence-corrected chi connectivity index (χ1v) is 6.54. The summed E-state index contributed by atoms with van der Waals surface area (Å²) in [5.74, 6) is 0.394. The summed E-state index contributed by atoms with van der Waals surface area (Å²) in [6, 6.07) is 5.95. The van der Waals surface area contributed by atoms with E-state index in [9.17, 15) is 4.79 Å². The van der Waals surface area contributed by atoms with Crippen molar-refractivity contribution in [3.05, 3.63) is 34.9 Å². The zero-order valence-corrected chi connectivity index (χ0v) is 11.8. The SMILES string of the molecule is Cc1cccc(C(=O)NC(CCN)C(C)C)c1C. The predicted octanol–water partition coefficient (Wildman–Crippen LogP) is 2.41. The Balaban J connectivity index is 2.84. The number of hydrogen-bond donors (Lipinski definition) is 2. The molecule has 0 saturated heterocycles. The summed E-state index contributed by atoms with van der Waals surface area (Å²) in [4.78, 5) is 12.3. The topological polar surface area (TPSA) is 55.1 Å². The number of carbonyl (C=O) groups excluding carboxylic acids is 1. The van der Waals surface area contributed by atoms with Crippen molar-refractivity contribution in [2.45, 2.75) is 40.2 Å². The molecule has 3 heteroatoms. The van der Waals surface area contributed by atoms with Crippen LogP contribution in [0.4, 0.5) is 0 Å². The van der Waals surface area contributed by atoms with Gasteiger partial charge in [0.2, 0.25) is 0 Å². The molecule has 1 amide bonds. The van der Waals surface area contributed by atoms with Crippen LogP contribution in [-0.2, 0) is 0 Å². The molecule has 18 heavy (non-hydrogen) atoms. The van der Waals surface area contributed by atoms with E-state index >= 15 is 0 Å². The maximum absolute atomic E-state index is 12.3. The predicted molar refractivity (Wildman–Crippen MR) is 75.7 cm³/mol. The van der Waals surface area contributed by atoms with Gasteiger partial charge in [0.15, 0.2) is 0 Å². The zero-order chi connectivity index (χ0) is 13.7. The van der Waals surface area contributed by atoms with Gasteiger partial charge in [-0.15, -0.1) is 0 Å². The highest BCUT2D eigenvalue weighted by Gasteiger charge is 2.17. The second kappa shape index (κ2) is 6.55. The lowest BCUT2D eigenvalue weighted by Crippen LogP contribution is -2.40. The van der Waals surface area contributed by atoms with Crippen LogP contribution in [0.5, 0.6) is 0 Å². The third-order valence-electron chi connectivity index (χ3n) is 3.45. The average Bonchev–Trinajstić information content (AvgIpc) is 2.31. The second-order valence-corrected chi connectivity index (χ2v) is 5.15. The van der Waals surface area contributed by atoms with Crippen molar-refractivity contribution in [1.29, 1.82) is 0 Å². The highest BCUT2D eigenvalue weighted by molar-refractivity contribution is 5.96. The molecular formula is C15H24N2O. The Hall–Kier alpha value is -1.35. The number of rotatable bonds is 5. The fourth-order valence-corrected chi connectivity index (χ4v) is 1.99. The van der Waals surface area contributed by atoms with Crippen molar-refractivity contribution in [2.75, 3.05) is 6.54 Å². The molecule has 0 aliphatic rings. The van der Waals surface area contributed by atoms with Gasteiger partial charge in [-0.25, -0.2) is 0 Å². The fourth-order valence-electron chi connectivity index (χ4n) is 1.99. The van der Waals surface area contributed by atoms with Gasteiger partial charge in [0.05, 0.1) is 0 Å². The molecule has 0 heterocycles. The van der Waals surface area contributed by atoms with Crippen LogP contribution in [0.3, 0.4) is 0 Å². The molecule has 0 saturated carbocycles. The number of amides is 1. The third kappa shape index (κ3) is 3.57. The van der Waals surface area contributed by atoms with Crippen LogP contribution in [0.15, 0.2) is 18.2 Å². The second-order valence-electron chi connectivity index (χ2n) is 5.15. The van der Waals surface area contributed by atoms with Crippen LogP contribution in [0.2, 0.25) is 0 Å². The maximum Gasteiger partial charge on any atom is 0.251 e. The minimum Gasteiger partial charge on any atom is -0.349 e. The Morgan fingerprint density at radius 3 is 2.56 bits per heavy atom. The Kier molecular flexibility index (Phi) is 5.35. The molecule has 0 aliphatic carbocycles. The van der Waals surface area contributed by atoms with Gasteiger partial charge in [0.25, 0.3) is 5.91 Å². The lowest BCUT2D eigenvalue weighted by atomic mass is 9.98. The van der Waals surface area contributed by atoms with E-state index in [2.05, 4.69) is 19.2 Å². The molecule has 0 spiro atoms. The minimum absolute atomic E-state index is 0.00310. The molecule has 1 unspecified atom stereocenters. The lowest BCUT2D eigenvalue weighted by Gasteiger charge is -2.22. The maximum atomic E-state index is 12.3. The normalized spacial score (nSPS) is 12.6. The van der Waals surface area contributed by atoms with Crippen LogP contribution in [0, 0.1) is 19.8 Å². The molecule has 1 rings (SSSR count). The molecule has 3 nitrogen and oxygen atoms in total. The van der Waals surface area contributed by atoms with E-state index in [0.29, 0.717) is 12.5 Å². The van der Waals surface area contributed by atoms with E-state index in [0.717, 1.165) is 23.1 Å². The summed E-state index contributed by atoms with van der Waals surface area (Å²) in [5, 5.41) is 3.08. The number of carbonyl (C=O) groups is 1. The third-order valence-corrected chi connectivity index (χ3v) is 3.45. The van der Waals surface area contributed by atoms with Gasteiger partial charge in [-0.3, -0.25) is 4.79 Å². The van der Waals surface area contributed by atoms with Crippen molar-refractivity contribution in [3.8, 4) is 0 Å². The molecule has 1 aromatic carbocycles. The molecule has 0 aliphatic heterocycles. The van der Waals surface area contributed by atoms with Gasteiger partial charge in [0.1, 0.15) is 0 Å². The van der Waals surface area contributed by atoms with Crippen LogP contribution in [-0.4, -0.2) is 18.5 Å². The summed E-state index contributed by atoms with van der Waals surface area (Å²) >= 11 is 0. The molecule has 0 bridgehead atoms. The van der Waals surface area contributed by atoms with Gasteiger partial charge in [-0.05, 0) is 49.9 Å². The molecule has 0 radical (unpaired) electrons. The number of aryl methyl sites for hydroxylation is 1. The molecule has 0 fully saturated rings. The Morgan fingerprint density at radius 2 is 2.00 bits per heavy atom. The van der Waals surface area contributed by atoms with E-state index in [4.69, 9.17) is 5.73 Å². The van der Waals surface area contributed by atoms with Crippen LogP contribution in [0.25, 0.3) is 0 Å². The monoisotopic (exact) mass is 248 g/mol. The summed E-state index contributed by atoms with van der Waals surface area (Å²) < 4.78 is 0. The van der Waals surface area contributed by atoms with Gasteiger partial charge in [-0.2, -0.15) is 0 Å². The van der Waals surface area contributed by atoms with Crippen molar-refractivity contribution >= 4 is 5.91 Å². The summed E-state index contributed by atoms with van der Waals surface area (Å²) in [6.45, 7) is 8.80. The van der Waals surface area contributed by atoms with Crippen molar-refractivity contribution < 1.29 is 4.79 Å². The largest absolute Gasteiger partial charge is 0.349 e. The quantitative estimate of drug-likeness (QED) is 0.840. The number of nitrogens with two attached hydrogens (primary N) is 1. The summed E-state index contributed by atoms with van der Waals surface area (Å²) in [6.07, 6.45) is 0.814. The molecule has 0 aromatic heterocycles. The number of nitrogens with one attached hydrogen (secondary N) is 1.